The number of thiophene rings is 1. The third-order valence-electron chi connectivity index (χ3n) is 4.01. The van der Waals surface area contributed by atoms with Crippen LogP contribution in [-0.2, 0) is 6.54 Å². The van der Waals surface area contributed by atoms with Gasteiger partial charge in [-0.25, -0.2) is 4.99 Å². The molecule has 0 N–H and O–H groups in total. The van der Waals surface area contributed by atoms with Crippen LogP contribution in [-0.4, -0.2) is 42.7 Å². The SMILES string of the molecule is CC(C)CN(C)C=Nc1c(C#N)csc1C(=O)N(C)Cc1ccccc1C#N. The molecule has 0 unspecified atom stereocenters. The predicted octanol–water partition coefficient (Wildman–Crippen LogP) is 4.01. The summed E-state index contributed by atoms with van der Waals surface area (Å²) < 4.78 is 0. The lowest BCUT2D eigenvalue weighted by Gasteiger charge is -2.18. The smallest absolute Gasteiger partial charge is 0.266 e. The number of aliphatic imine (C=N–C) groups is 1. The van der Waals surface area contributed by atoms with Crippen molar-refractivity contribution in [3.63, 3.8) is 0 Å². The number of benzene rings is 1. The molecule has 0 bridgehead atoms. The van der Waals surface area contributed by atoms with Gasteiger partial charge in [0.15, 0.2) is 0 Å². The van der Waals surface area contributed by atoms with Gasteiger partial charge in [-0.15, -0.1) is 11.3 Å². The first-order chi connectivity index (χ1) is 13.4. The summed E-state index contributed by atoms with van der Waals surface area (Å²) in [7, 11) is 3.59. The summed E-state index contributed by atoms with van der Waals surface area (Å²) in [5.41, 5.74) is 2.10. The van der Waals surface area contributed by atoms with Crippen LogP contribution in [0.3, 0.4) is 0 Å². The van der Waals surface area contributed by atoms with Gasteiger partial charge in [0.2, 0.25) is 0 Å². The number of amides is 1. The summed E-state index contributed by atoms with van der Waals surface area (Å²) in [6.45, 7) is 5.35. The fourth-order valence-electron chi connectivity index (χ4n) is 2.76. The van der Waals surface area contributed by atoms with E-state index >= 15 is 0 Å². The van der Waals surface area contributed by atoms with E-state index in [1.807, 2.05) is 24.1 Å². The van der Waals surface area contributed by atoms with Crippen LogP contribution in [0.2, 0.25) is 0 Å². The van der Waals surface area contributed by atoms with E-state index in [-0.39, 0.29) is 5.91 Å². The molecule has 6 nitrogen and oxygen atoms in total. The lowest BCUT2D eigenvalue weighted by molar-refractivity contribution is 0.0790. The number of carbonyl (C=O) groups is 1. The maximum atomic E-state index is 13.0. The Hall–Kier alpha value is -3.16. The highest BCUT2D eigenvalue weighted by Gasteiger charge is 2.21. The standard InChI is InChI=1S/C21H23N5OS/c1-15(2)11-25(3)14-24-19-18(10-23)13-28-20(19)21(27)26(4)12-17-8-6-5-7-16(17)9-22/h5-8,13-15H,11-12H2,1-4H3. The second-order valence-electron chi connectivity index (χ2n) is 6.95. The minimum atomic E-state index is -0.224. The van der Waals surface area contributed by atoms with E-state index in [0.29, 0.717) is 34.2 Å². The molecule has 0 aliphatic carbocycles. The number of hydrogen-bond acceptors (Lipinski definition) is 5. The Morgan fingerprint density at radius 2 is 1.89 bits per heavy atom. The second-order valence-corrected chi connectivity index (χ2v) is 7.83. The fourth-order valence-corrected chi connectivity index (χ4v) is 3.69. The molecular formula is C21H23N5OS. The highest BCUT2D eigenvalue weighted by atomic mass is 32.1. The Morgan fingerprint density at radius 3 is 2.54 bits per heavy atom. The number of rotatable bonds is 7. The maximum absolute atomic E-state index is 13.0. The van der Waals surface area contributed by atoms with Crippen LogP contribution >= 0.6 is 11.3 Å². The lowest BCUT2D eigenvalue weighted by atomic mass is 10.1. The van der Waals surface area contributed by atoms with E-state index in [2.05, 4.69) is 31.0 Å². The van der Waals surface area contributed by atoms with Crippen molar-refractivity contribution in [3.05, 3.63) is 51.2 Å². The van der Waals surface area contributed by atoms with Gasteiger partial charge in [-0.2, -0.15) is 10.5 Å². The van der Waals surface area contributed by atoms with Gasteiger partial charge in [-0.1, -0.05) is 32.0 Å². The van der Waals surface area contributed by atoms with E-state index in [1.54, 1.807) is 35.8 Å². The van der Waals surface area contributed by atoms with Gasteiger partial charge in [0.05, 0.1) is 23.5 Å². The van der Waals surface area contributed by atoms with E-state index < -0.39 is 0 Å². The lowest BCUT2D eigenvalue weighted by Crippen LogP contribution is -2.26. The molecule has 28 heavy (non-hydrogen) atoms. The molecule has 1 heterocycles. The third-order valence-corrected chi connectivity index (χ3v) is 4.97. The van der Waals surface area contributed by atoms with Crippen LogP contribution in [0.4, 0.5) is 5.69 Å². The summed E-state index contributed by atoms with van der Waals surface area (Å²) in [6, 6.07) is 11.4. The van der Waals surface area contributed by atoms with Crippen LogP contribution in [0.1, 0.15) is 40.2 Å². The van der Waals surface area contributed by atoms with Crippen molar-refractivity contribution in [2.45, 2.75) is 20.4 Å². The van der Waals surface area contributed by atoms with E-state index in [1.165, 1.54) is 11.3 Å². The van der Waals surface area contributed by atoms with Crippen molar-refractivity contribution in [3.8, 4) is 12.1 Å². The van der Waals surface area contributed by atoms with Gasteiger partial charge in [0.1, 0.15) is 16.6 Å². The Morgan fingerprint density at radius 1 is 1.21 bits per heavy atom. The molecule has 1 aromatic carbocycles. The molecule has 2 rings (SSSR count). The molecule has 7 heteroatoms. The molecule has 144 valence electrons. The Bertz CT molecular complexity index is 948. The second kappa shape index (κ2) is 9.68. The zero-order valence-electron chi connectivity index (χ0n) is 16.5. The van der Waals surface area contributed by atoms with Crippen LogP contribution in [0, 0.1) is 28.6 Å². The van der Waals surface area contributed by atoms with Crippen molar-refractivity contribution in [1.29, 1.82) is 10.5 Å². The quantitative estimate of drug-likeness (QED) is 0.525. The normalized spacial score (nSPS) is 10.7. The van der Waals surface area contributed by atoms with E-state index in [9.17, 15) is 15.3 Å². The monoisotopic (exact) mass is 393 g/mol. The number of carbonyl (C=O) groups excluding carboxylic acids is 1. The fraction of sp³-hybridized carbons (Fsp3) is 0.333. The highest BCUT2D eigenvalue weighted by Crippen LogP contribution is 2.31. The van der Waals surface area contributed by atoms with Crippen molar-refractivity contribution < 1.29 is 4.79 Å². The van der Waals surface area contributed by atoms with Crippen molar-refractivity contribution in [2.24, 2.45) is 10.9 Å². The topological polar surface area (TPSA) is 83.5 Å². The molecular weight excluding hydrogens is 370 g/mol. The first-order valence-electron chi connectivity index (χ1n) is 8.86. The van der Waals surface area contributed by atoms with Crippen molar-refractivity contribution in [1.82, 2.24) is 9.80 Å². The van der Waals surface area contributed by atoms with Gasteiger partial charge in [-0.3, -0.25) is 4.79 Å². The summed E-state index contributed by atoms with van der Waals surface area (Å²) in [5.74, 6) is 0.250. The molecule has 0 saturated carbocycles. The largest absolute Gasteiger partial charge is 0.365 e. The predicted molar refractivity (Wildman–Crippen MR) is 112 cm³/mol. The first-order valence-corrected chi connectivity index (χ1v) is 9.74. The van der Waals surface area contributed by atoms with E-state index in [4.69, 9.17) is 0 Å². The van der Waals surface area contributed by atoms with Gasteiger partial charge in [0.25, 0.3) is 5.91 Å². The highest BCUT2D eigenvalue weighted by molar-refractivity contribution is 7.13. The summed E-state index contributed by atoms with van der Waals surface area (Å²) >= 11 is 1.21. The summed E-state index contributed by atoms with van der Waals surface area (Å²) in [4.78, 5) is 21.3. The third kappa shape index (κ3) is 5.18. The minimum Gasteiger partial charge on any atom is -0.365 e. The minimum absolute atomic E-state index is 0.224. The molecule has 0 spiro atoms. The first kappa shape index (κ1) is 21.1. The van der Waals surface area contributed by atoms with Crippen LogP contribution in [0.5, 0.6) is 0 Å². The summed E-state index contributed by atoms with van der Waals surface area (Å²) in [6.07, 6.45) is 1.66. The molecule has 0 aliphatic heterocycles. The molecule has 1 amide bonds. The average molecular weight is 394 g/mol. The number of hydrogen-bond donors (Lipinski definition) is 0. The zero-order valence-corrected chi connectivity index (χ0v) is 17.3. The Balaban J connectivity index is 2.26. The zero-order chi connectivity index (χ0) is 20.7. The van der Waals surface area contributed by atoms with Gasteiger partial charge in [0, 0.05) is 32.6 Å². The molecule has 0 radical (unpaired) electrons. The molecule has 0 atom stereocenters. The van der Waals surface area contributed by atoms with Crippen LogP contribution in [0.15, 0.2) is 34.6 Å². The van der Waals surface area contributed by atoms with Crippen LogP contribution in [0.25, 0.3) is 0 Å². The molecule has 1 aromatic heterocycles. The molecule has 2 aromatic rings. The van der Waals surface area contributed by atoms with Gasteiger partial charge in [-0.05, 0) is 17.5 Å². The van der Waals surface area contributed by atoms with Gasteiger partial charge >= 0.3 is 0 Å². The molecule has 0 fully saturated rings. The maximum Gasteiger partial charge on any atom is 0.266 e. The Kier molecular flexibility index (Phi) is 7.31. The number of nitriles is 2. The molecule has 0 saturated heterocycles. The summed E-state index contributed by atoms with van der Waals surface area (Å²) in [5, 5.41) is 20.3. The molecule has 0 aliphatic rings. The number of nitrogens with zero attached hydrogens (tertiary/aromatic N) is 5. The van der Waals surface area contributed by atoms with Crippen LogP contribution < -0.4 is 0 Å². The Labute approximate surface area is 170 Å². The van der Waals surface area contributed by atoms with E-state index in [0.717, 1.165) is 12.1 Å². The average Bonchev–Trinajstić information content (AvgIpc) is 3.08. The van der Waals surface area contributed by atoms with Crippen molar-refractivity contribution >= 4 is 29.3 Å². The van der Waals surface area contributed by atoms with Gasteiger partial charge < -0.3 is 9.80 Å². The van der Waals surface area contributed by atoms with Crippen molar-refractivity contribution in [2.75, 3.05) is 20.6 Å².